The zero-order valence-electron chi connectivity index (χ0n) is 24.7. The summed E-state index contributed by atoms with van der Waals surface area (Å²) >= 11 is 1.31. The minimum Gasteiger partial charge on any atom is -0.368 e. The Balaban J connectivity index is 0.00000353. The number of carbonyl (C=O) groups excluding carboxylic acids is 2. The van der Waals surface area contributed by atoms with Crippen molar-refractivity contribution in [3.05, 3.63) is 34.1 Å². The summed E-state index contributed by atoms with van der Waals surface area (Å²) in [5.41, 5.74) is 10.0. The van der Waals surface area contributed by atoms with Gasteiger partial charge in [0.25, 0.3) is 5.91 Å². The lowest BCUT2D eigenvalue weighted by Gasteiger charge is -2.44. The average molecular weight is 614 g/mol. The number of fused-ring (bicyclic) bond motifs is 3. The van der Waals surface area contributed by atoms with Crippen LogP contribution in [0.3, 0.4) is 0 Å². The predicted molar refractivity (Wildman–Crippen MR) is 166 cm³/mol. The number of aromatic amines is 1. The number of rotatable bonds is 5. The molecule has 3 aliphatic rings. The Kier molecular flexibility index (Phi) is 8.34. The van der Waals surface area contributed by atoms with Gasteiger partial charge in [-0.3, -0.25) is 20.0 Å². The van der Waals surface area contributed by atoms with E-state index in [1.54, 1.807) is 6.20 Å². The van der Waals surface area contributed by atoms with Gasteiger partial charge in [-0.2, -0.15) is 5.10 Å². The second-order valence-corrected chi connectivity index (χ2v) is 13.9. The summed E-state index contributed by atoms with van der Waals surface area (Å²) in [6.45, 7) is 12.8. The lowest BCUT2D eigenvalue weighted by molar-refractivity contribution is -0.132. The minimum absolute atomic E-state index is 0. The van der Waals surface area contributed by atoms with Crippen LogP contribution in [0, 0.1) is 5.41 Å². The number of anilines is 2. The second kappa shape index (κ2) is 11.5. The van der Waals surface area contributed by atoms with Crippen LogP contribution < -0.4 is 11.1 Å². The molecule has 4 N–H and O–H groups in total. The van der Waals surface area contributed by atoms with Crippen molar-refractivity contribution in [3.63, 3.8) is 0 Å². The van der Waals surface area contributed by atoms with Gasteiger partial charge in [0.2, 0.25) is 11.9 Å². The first kappa shape index (κ1) is 30.4. The molecule has 2 aliphatic heterocycles. The van der Waals surface area contributed by atoms with E-state index in [2.05, 4.69) is 63.1 Å². The maximum atomic E-state index is 13.3. The van der Waals surface area contributed by atoms with Crippen LogP contribution in [-0.4, -0.2) is 79.0 Å². The summed E-state index contributed by atoms with van der Waals surface area (Å²) in [5.74, 6) is -0.0822. The first-order valence-electron chi connectivity index (χ1n) is 14.5. The van der Waals surface area contributed by atoms with Crippen molar-refractivity contribution >= 4 is 46.6 Å². The molecule has 1 aliphatic carbocycles. The quantitative estimate of drug-likeness (QED) is 0.390. The van der Waals surface area contributed by atoms with Crippen LogP contribution in [0.4, 0.5) is 11.1 Å². The van der Waals surface area contributed by atoms with Crippen molar-refractivity contribution in [2.75, 3.05) is 37.2 Å². The average Bonchev–Trinajstić information content (AvgIpc) is 3.57. The van der Waals surface area contributed by atoms with Gasteiger partial charge in [0.1, 0.15) is 0 Å². The Bertz CT molecular complexity index is 1470. The van der Waals surface area contributed by atoms with Crippen molar-refractivity contribution in [2.45, 2.75) is 77.7 Å². The highest BCUT2D eigenvalue weighted by molar-refractivity contribution is 7.14. The molecule has 3 aromatic heterocycles. The molecule has 6 rings (SSSR count). The number of carbonyl (C=O) groups is 2. The summed E-state index contributed by atoms with van der Waals surface area (Å²) < 4.78 is 0. The molecule has 2 amide bonds. The third-order valence-electron chi connectivity index (χ3n) is 9.00. The molecule has 13 heteroatoms. The van der Waals surface area contributed by atoms with Crippen LogP contribution in [0.15, 0.2) is 11.6 Å². The van der Waals surface area contributed by atoms with Crippen molar-refractivity contribution in [1.29, 1.82) is 0 Å². The van der Waals surface area contributed by atoms with Crippen LogP contribution in [0.5, 0.6) is 0 Å². The molecule has 0 unspecified atom stereocenters. The van der Waals surface area contributed by atoms with Crippen LogP contribution in [0.25, 0.3) is 11.4 Å². The monoisotopic (exact) mass is 613 g/mol. The number of nitrogens with two attached hydrogens (primary N) is 1. The van der Waals surface area contributed by atoms with Crippen molar-refractivity contribution in [3.8, 4) is 11.4 Å². The van der Waals surface area contributed by atoms with E-state index in [0.717, 1.165) is 50.1 Å². The van der Waals surface area contributed by atoms with Crippen molar-refractivity contribution in [2.24, 2.45) is 5.41 Å². The standard InChI is InChI=1S/C29H39N9O2S.ClH/c1-28(2)7-11-37(12-8-28)19-5-9-38(10-6-19)20(39)13-18-16-41-27(32-18)34-25(40)24-21-23(35-36-24)22-17(14-29(21,3)4)15-31-26(30)33-22;/h15-16,19H,5-14H2,1-4H3,(H,35,36)(H2,30,31,33)(H,32,34,40);1H. The number of hydrogen-bond donors (Lipinski definition) is 3. The first-order chi connectivity index (χ1) is 19.5. The highest BCUT2D eigenvalue weighted by Crippen LogP contribution is 2.43. The van der Waals surface area contributed by atoms with Gasteiger partial charge in [-0.15, -0.1) is 23.7 Å². The number of amides is 2. The van der Waals surface area contributed by atoms with Gasteiger partial charge in [-0.25, -0.2) is 15.0 Å². The van der Waals surface area contributed by atoms with E-state index in [1.807, 2.05) is 10.3 Å². The number of hydrogen-bond acceptors (Lipinski definition) is 9. The number of halogens is 1. The maximum Gasteiger partial charge on any atom is 0.278 e. The highest BCUT2D eigenvalue weighted by atomic mass is 35.5. The van der Waals surface area contributed by atoms with E-state index in [1.165, 1.54) is 24.2 Å². The van der Waals surface area contributed by atoms with Gasteiger partial charge >= 0.3 is 0 Å². The molecular weight excluding hydrogens is 574 g/mol. The Hall–Kier alpha value is -3.09. The highest BCUT2D eigenvalue weighted by Gasteiger charge is 2.39. The molecule has 2 fully saturated rings. The van der Waals surface area contributed by atoms with Gasteiger partial charge in [-0.05, 0) is 61.6 Å². The minimum atomic E-state index is -0.361. The van der Waals surface area contributed by atoms with E-state index in [9.17, 15) is 9.59 Å². The number of likely N-dealkylation sites (tertiary alicyclic amines) is 2. The summed E-state index contributed by atoms with van der Waals surface area (Å²) in [4.78, 5) is 44.1. The number of H-pyrrole nitrogens is 1. The van der Waals surface area contributed by atoms with Crippen LogP contribution in [-0.2, 0) is 23.1 Å². The van der Waals surface area contributed by atoms with Gasteiger partial charge in [0.15, 0.2) is 10.8 Å². The normalized spacial score (nSPS) is 19.9. The number of nitrogen functional groups attached to an aromatic ring is 1. The Morgan fingerprint density at radius 1 is 1.12 bits per heavy atom. The number of aromatic nitrogens is 5. The smallest absolute Gasteiger partial charge is 0.278 e. The molecule has 0 spiro atoms. The molecule has 0 saturated carbocycles. The van der Waals surface area contributed by atoms with E-state index >= 15 is 0 Å². The summed E-state index contributed by atoms with van der Waals surface area (Å²) in [7, 11) is 0. The third-order valence-corrected chi connectivity index (χ3v) is 9.81. The fourth-order valence-electron chi connectivity index (χ4n) is 6.51. The van der Waals surface area contributed by atoms with Gasteiger partial charge in [0.05, 0.1) is 23.5 Å². The molecule has 3 aromatic rings. The molecule has 226 valence electrons. The third kappa shape index (κ3) is 6.02. The lowest BCUT2D eigenvalue weighted by atomic mass is 9.73. The lowest BCUT2D eigenvalue weighted by Crippen LogP contribution is -2.50. The molecule has 0 radical (unpaired) electrons. The SMILES string of the molecule is CC1(C)CCN(C2CCN(C(=O)Cc3csc(NC(=O)c4n[nH]c5c4C(C)(C)Cc4cnc(N)nc4-5)n3)CC2)CC1.Cl. The first-order valence-corrected chi connectivity index (χ1v) is 15.4. The van der Waals surface area contributed by atoms with E-state index in [-0.39, 0.29) is 42.0 Å². The van der Waals surface area contributed by atoms with E-state index in [4.69, 9.17) is 5.73 Å². The number of thiazole rings is 1. The summed E-state index contributed by atoms with van der Waals surface area (Å²) in [6, 6.07) is 0.576. The largest absolute Gasteiger partial charge is 0.368 e. The molecular formula is C29H40ClN9O2S. The van der Waals surface area contributed by atoms with Crippen LogP contribution in [0.1, 0.15) is 80.7 Å². The molecule has 42 heavy (non-hydrogen) atoms. The van der Waals surface area contributed by atoms with Gasteiger partial charge in [0, 0.05) is 36.3 Å². The summed E-state index contributed by atoms with van der Waals surface area (Å²) in [6.07, 6.45) is 7.17. The fourth-order valence-corrected chi connectivity index (χ4v) is 7.22. The zero-order valence-corrected chi connectivity index (χ0v) is 26.3. The van der Waals surface area contributed by atoms with Crippen LogP contribution >= 0.6 is 23.7 Å². The molecule has 5 heterocycles. The molecule has 11 nitrogen and oxygen atoms in total. The van der Waals surface area contributed by atoms with E-state index in [0.29, 0.717) is 45.8 Å². The van der Waals surface area contributed by atoms with E-state index < -0.39 is 0 Å². The number of piperidine rings is 2. The number of nitrogens with one attached hydrogen (secondary N) is 2. The van der Waals surface area contributed by atoms with Crippen molar-refractivity contribution < 1.29 is 9.59 Å². The Morgan fingerprint density at radius 2 is 1.83 bits per heavy atom. The van der Waals surface area contributed by atoms with Gasteiger partial charge in [-0.1, -0.05) is 27.7 Å². The van der Waals surface area contributed by atoms with Gasteiger partial charge < -0.3 is 15.5 Å². The summed E-state index contributed by atoms with van der Waals surface area (Å²) in [5, 5.41) is 12.5. The van der Waals surface area contributed by atoms with Crippen molar-refractivity contribution in [1.82, 2.24) is 34.9 Å². The topological polar surface area (TPSA) is 146 Å². The Labute approximate surface area is 256 Å². The zero-order chi connectivity index (χ0) is 28.9. The Morgan fingerprint density at radius 3 is 2.55 bits per heavy atom. The molecule has 0 bridgehead atoms. The van der Waals surface area contributed by atoms with Crippen LogP contribution in [0.2, 0.25) is 0 Å². The molecule has 0 aromatic carbocycles. The predicted octanol–water partition coefficient (Wildman–Crippen LogP) is 4.07. The molecule has 2 saturated heterocycles. The fraction of sp³-hybridized carbons (Fsp3) is 0.586. The number of nitrogens with zero attached hydrogens (tertiary/aromatic N) is 6. The maximum absolute atomic E-state index is 13.3. The second-order valence-electron chi connectivity index (χ2n) is 13.1. The molecule has 0 atom stereocenters.